The summed E-state index contributed by atoms with van der Waals surface area (Å²) in [6.45, 7) is 1.47. The molecule has 2 aliphatic rings. The molecular formula is C25H28FN5O6S. The predicted octanol–water partition coefficient (Wildman–Crippen LogP) is 1.92. The van der Waals surface area contributed by atoms with Crippen molar-refractivity contribution in [2.75, 3.05) is 45.5 Å². The Labute approximate surface area is 220 Å². The second kappa shape index (κ2) is 11.0. The topological polar surface area (TPSA) is 144 Å². The summed E-state index contributed by atoms with van der Waals surface area (Å²) >= 11 is 0. The Morgan fingerprint density at radius 1 is 1.32 bits per heavy atom. The van der Waals surface area contributed by atoms with Gasteiger partial charge in [-0.2, -0.15) is 13.7 Å². The van der Waals surface area contributed by atoms with Crippen molar-refractivity contribution in [2.24, 2.45) is 5.92 Å². The minimum atomic E-state index is -3.94. The van der Waals surface area contributed by atoms with Gasteiger partial charge in [0.05, 0.1) is 17.7 Å². The van der Waals surface area contributed by atoms with E-state index in [0.717, 1.165) is 0 Å². The number of ether oxygens (including phenoxy) is 2. The highest BCUT2D eigenvalue weighted by Gasteiger charge is 2.33. The van der Waals surface area contributed by atoms with Crippen LogP contribution in [0.3, 0.4) is 0 Å². The molecular weight excluding hydrogens is 517 g/mol. The zero-order valence-electron chi connectivity index (χ0n) is 21.1. The van der Waals surface area contributed by atoms with E-state index in [-0.39, 0.29) is 35.1 Å². The van der Waals surface area contributed by atoms with Crippen LogP contribution in [-0.4, -0.2) is 76.5 Å². The zero-order chi connectivity index (χ0) is 27.6. The Balaban J connectivity index is 1.71. The van der Waals surface area contributed by atoms with Crippen LogP contribution in [0.1, 0.15) is 11.1 Å². The van der Waals surface area contributed by atoms with Gasteiger partial charge in [-0.25, -0.2) is 13.9 Å². The van der Waals surface area contributed by atoms with Gasteiger partial charge in [-0.05, 0) is 29.3 Å². The minimum absolute atomic E-state index is 0.0657. The summed E-state index contributed by atoms with van der Waals surface area (Å²) in [7, 11) is 0.358. The van der Waals surface area contributed by atoms with Crippen LogP contribution in [0, 0.1) is 23.1 Å². The molecule has 2 aromatic rings. The number of carbonyl (C=O) groups excluding carboxylic acids is 1. The molecule has 13 heteroatoms. The number of hydrogen-bond donors (Lipinski definition) is 3. The highest BCUT2D eigenvalue weighted by atomic mass is 32.2. The van der Waals surface area contributed by atoms with E-state index in [0.29, 0.717) is 36.3 Å². The molecule has 1 atom stereocenters. The van der Waals surface area contributed by atoms with Crippen LogP contribution in [0.25, 0.3) is 5.57 Å². The van der Waals surface area contributed by atoms with Gasteiger partial charge in [0.2, 0.25) is 6.29 Å². The lowest BCUT2D eigenvalue weighted by atomic mass is 9.89. The molecule has 0 radical (unpaired) electrons. The summed E-state index contributed by atoms with van der Waals surface area (Å²) in [6, 6.07) is 11.3. The van der Waals surface area contributed by atoms with E-state index in [1.807, 2.05) is 4.90 Å². The standard InChI is InChI=1S/C25H28FN5O6S/c1-28-38(34,35)29-21-6-4-5-16(23(21)26)9-19-20(14-31-12-15(11-27)13-31)18-8-7-17(36-25(33)30(2)3)10-22(18)37-24(19)32/h4-8,10,15,24,28-29,32H,9,12-14H2,1-3H3. The van der Waals surface area contributed by atoms with Gasteiger partial charge in [0, 0.05) is 64.4 Å². The zero-order valence-corrected chi connectivity index (χ0v) is 21.9. The fourth-order valence-corrected chi connectivity index (χ4v) is 4.75. The molecule has 0 aliphatic carbocycles. The van der Waals surface area contributed by atoms with Crippen LogP contribution in [0.15, 0.2) is 42.0 Å². The van der Waals surface area contributed by atoms with Crippen molar-refractivity contribution in [1.82, 2.24) is 14.5 Å². The first-order chi connectivity index (χ1) is 18.0. The minimum Gasteiger partial charge on any atom is -0.460 e. The molecule has 2 aromatic carbocycles. The summed E-state index contributed by atoms with van der Waals surface area (Å²) in [6.07, 6.45) is -2.09. The molecule has 1 unspecified atom stereocenters. The van der Waals surface area contributed by atoms with Gasteiger partial charge in [0.25, 0.3) is 10.2 Å². The predicted molar refractivity (Wildman–Crippen MR) is 137 cm³/mol. The van der Waals surface area contributed by atoms with Crippen LogP contribution in [0.2, 0.25) is 0 Å². The van der Waals surface area contributed by atoms with E-state index < -0.39 is 28.4 Å². The van der Waals surface area contributed by atoms with E-state index in [2.05, 4.69) is 15.5 Å². The van der Waals surface area contributed by atoms with Crippen LogP contribution in [-0.2, 0) is 16.6 Å². The molecule has 0 spiro atoms. The largest absolute Gasteiger partial charge is 0.460 e. The highest BCUT2D eigenvalue weighted by Crippen LogP contribution is 2.40. The molecule has 0 aromatic heterocycles. The van der Waals surface area contributed by atoms with Crippen LogP contribution >= 0.6 is 0 Å². The van der Waals surface area contributed by atoms with Gasteiger partial charge in [-0.1, -0.05) is 12.1 Å². The first kappa shape index (κ1) is 27.3. The number of anilines is 1. The molecule has 11 nitrogen and oxygen atoms in total. The van der Waals surface area contributed by atoms with Gasteiger partial charge < -0.3 is 19.5 Å². The first-order valence-electron chi connectivity index (χ1n) is 11.7. The number of nitriles is 1. The number of benzene rings is 2. The van der Waals surface area contributed by atoms with Gasteiger partial charge in [0.1, 0.15) is 11.5 Å². The normalized spacial score (nSPS) is 17.6. The third kappa shape index (κ3) is 5.89. The van der Waals surface area contributed by atoms with Crippen molar-refractivity contribution in [2.45, 2.75) is 12.7 Å². The van der Waals surface area contributed by atoms with Crippen LogP contribution in [0.4, 0.5) is 14.9 Å². The number of nitrogens with zero attached hydrogens (tertiary/aromatic N) is 3. The molecule has 4 rings (SSSR count). The average Bonchev–Trinajstić information content (AvgIpc) is 2.84. The van der Waals surface area contributed by atoms with Gasteiger partial charge in [-0.15, -0.1) is 0 Å². The van der Waals surface area contributed by atoms with E-state index >= 15 is 4.39 Å². The maximum Gasteiger partial charge on any atom is 0.414 e. The lowest BCUT2D eigenvalue weighted by Crippen LogP contribution is -2.47. The van der Waals surface area contributed by atoms with Crippen molar-refractivity contribution in [1.29, 1.82) is 5.26 Å². The number of rotatable bonds is 8. The van der Waals surface area contributed by atoms with Crippen LogP contribution < -0.4 is 18.9 Å². The van der Waals surface area contributed by atoms with Gasteiger partial charge in [0.15, 0.2) is 5.82 Å². The summed E-state index contributed by atoms with van der Waals surface area (Å²) in [5.74, 6) is -0.365. The van der Waals surface area contributed by atoms with E-state index in [1.54, 1.807) is 26.2 Å². The number of halogens is 1. The lowest BCUT2D eigenvalue weighted by Gasteiger charge is -2.38. The van der Waals surface area contributed by atoms with E-state index in [1.165, 1.54) is 36.2 Å². The maximum atomic E-state index is 15.3. The third-order valence-corrected chi connectivity index (χ3v) is 7.29. The quantitative estimate of drug-likeness (QED) is 0.457. The van der Waals surface area contributed by atoms with Crippen molar-refractivity contribution in [3.63, 3.8) is 0 Å². The number of hydrogen-bond acceptors (Lipinski definition) is 8. The molecule has 1 amide bonds. The Morgan fingerprint density at radius 2 is 2.05 bits per heavy atom. The Bertz CT molecular complexity index is 1420. The van der Waals surface area contributed by atoms with Gasteiger partial charge >= 0.3 is 6.09 Å². The van der Waals surface area contributed by atoms with Crippen molar-refractivity contribution < 1.29 is 32.2 Å². The van der Waals surface area contributed by atoms with E-state index in [4.69, 9.17) is 14.7 Å². The van der Waals surface area contributed by atoms with E-state index in [9.17, 15) is 18.3 Å². The SMILES string of the molecule is CNS(=O)(=O)Nc1cccc(CC2=C(CN3CC(C#N)C3)c3ccc(OC(=O)N(C)C)cc3OC2O)c1F. The third-order valence-electron chi connectivity index (χ3n) is 6.27. The van der Waals surface area contributed by atoms with Crippen molar-refractivity contribution >= 4 is 27.6 Å². The number of aliphatic hydroxyl groups excluding tert-OH is 1. The molecule has 2 aliphatic heterocycles. The summed E-state index contributed by atoms with van der Waals surface area (Å²) in [5.41, 5.74) is 1.61. The molecule has 1 saturated heterocycles. The summed E-state index contributed by atoms with van der Waals surface area (Å²) < 4.78 is 54.4. The second-order valence-corrected chi connectivity index (χ2v) is 10.8. The number of nitrogens with one attached hydrogen (secondary N) is 2. The fraction of sp³-hybridized carbons (Fsp3) is 0.360. The Kier molecular flexibility index (Phi) is 7.89. The molecule has 3 N–H and O–H groups in total. The molecule has 1 fully saturated rings. The highest BCUT2D eigenvalue weighted by molar-refractivity contribution is 7.90. The van der Waals surface area contributed by atoms with Crippen molar-refractivity contribution in [3.8, 4) is 17.6 Å². The number of likely N-dealkylation sites (tertiary alicyclic amines) is 1. The molecule has 38 heavy (non-hydrogen) atoms. The monoisotopic (exact) mass is 545 g/mol. The number of fused-ring (bicyclic) bond motifs is 1. The summed E-state index contributed by atoms with van der Waals surface area (Å²) in [5, 5.41) is 20.1. The molecule has 2 heterocycles. The molecule has 202 valence electrons. The fourth-order valence-electron chi connectivity index (χ4n) is 4.20. The Morgan fingerprint density at radius 3 is 2.71 bits per heavy atom. The maximum absolute atomic E-state index is 15.3. The number of aliphatic hydroxyl groups is 1. The lowest BCUT2D eigenvalue weighted by molar-refractivity contribution is 0.00950. The summed E-state index contributed by atoms with van der Waals surface area (Å²) in [4.78, 5) is 15.3. The second-order valence-electron chi connectivity index (χ2n) is 9.18. The Hall–Kier alpha value is -3.70. The molecule has 0 bridgehead atoms. The van der Waals surface area contributed by atoms with Crippen LogP contribution in [0.5, 0.6) is 11.5 Å². The van der Waals surface area contributed by atoms with Crippen molar-refractivity contribution in [3.05, 3.63) is 58.9 Å². The smallest absolute Gasteiger partial charge is 0.414 e. The molecule has 0 saturated carbocycles. The first-order valence-corrected chi connectivity index (χ1v) is 13.2. The number of amides is 1. The number of carbonyl (C=O) groups is 1. The average molecular weight is 546 g/mol. The van der Waals surface area contributed by atoms with Gasteiger partial charge in [-0.3, -0.25) is 9.62 Å².